The Morgan fingerprint density at radius 3 is 2.37 bits per heavy atom. The van der Waals surface area contributed by atoms with E-state index in [1.807, 2.05) is 54.6 Å². The van der Waals surface area contributed by atoms with Crippen LogP contribution < -0.4 is 5.32 Å². The normalized spacial score (nSPS) is 10.8. The maximum atomic E-state index is 13.0. The van der Waals surface area contributed by atoms with Crippen molar-refractivity contribution in [2.75, 3.05) is 0 Å². The van der Waals surface area contributed by atoms with Crippen LogP contribution in [0.25, 0.3) is 16.9 Å². The second-order valence-corrected chi connectivity index (χ2v) is 7.71. The first-order valence-electron chi connectivity index (χ1n) is 9.77. The van der Waals surface area contributed by atoms with Crippen molar-refractivity contribution < 1.29 is 4.79 Å². The summed E-state index contributed by atoms with van der Waals surface area (Å²) in [6, 6.07) is 25.2. The fraction of sp³-hybridized carbons (Fsp3) is 0.120. The van der Waals surface area contributed by atoms with E-state index in [0.717, 1.165) is 22.5 Å². The first kappa shape index (κ1) is 19.9. The van der Waals surface area contributed by atoms with Gasteiger partial charge < -0.3 is 5.32 Å². The van der Waals surface area contributed by atoms with Crippen molar-refractivity contribution in [1.82, 2.24) is 15.1 Å². The highest BCUT2D eigenvalue weighted by Crippen LogP contribution is 2.24. The van der Waals surface area contributed by atoms with Crippen LogP contribution in [-0.4, -0.2) is 15.7 Å². The molecule has 0 fully saturated rings. The van der Waals surface area contributed by atoms with Gasteiger partial charge in [-0.25, -0.2) is 4.68 Å². The van der Waals surface area contributed by atoms with Crippen LogP contribution in [0.15, 0.2) is 78.9 Å². The van der Waals surface area contributed by atoms with E-state index in [9.17, 15) is 4.79 Å². The lowest BCUT2D eigenvalue weighted by molar-refractivity contribution is 0.0943. The average molecular weight is 416 g/mol. The number of nitrogens with zero attached hydrogens (tertiary/aromatic N) is 2. The number of rotatable bonds is 5. The highest BCUT2D eigenvalue weighted by Gasteiger charge is 2.18. The first-order chi connectivity index (χ1) is 14.5. The van der Waals surface area contributed by atoms with E-state index in [2.05, 4.69) is 31.3 Å². The molecule has 4 nitrogen and oxygen atoms in total. The van der Waals surface area contributed by atoms with E-state index >= 15 is 0 Å². The third kappa shape index (κ3) is 4.29. The zero-order chi connectivity index (χ0) is 21.1. The van der Waals surface area contributed by atoms with Gasteiger partial charge in [0.25, 0.3) is 5.91 Å². The summed E-state index contributed by atoms with van der Waals surface area (Å²) < 4.78 is 1.67. The van der Waals surface area contributed by atoms with Crippen molar-refractivity contribution in [3.05, 3.63) is 106 Å². The van der Waals surface area contributed by atoms with E-state index in [-0.39, 0.29) is 5.91 Å². The van der Waals surface area contributed by atoms with E-state index < -0.39 is 0 Å². The molecule has 0 aliphatic rings. The van der Waals surface area contributed by atoms with Crippen molar-refractivity contribution in [3.63, 3.8) is 0 Å². The van der Waals surface area contributed by atoms with Crippen LogP contribution in [0.2, 0.25) is 5.02 Å². The van der Waals surface area contributed by atoms with Crippen LogP contribution in [0.3, 0.4) is 0 Å². The molecule has 0 aliphatic carbocycles. The van der Waals surface area contributed by atoms with Crippen LogP contribution in [-0.2, 0) is 6.54 Å². The molecule has 0 radical (unpaired) electrons. The molecule has 30 heavy (non-hydrogen) atoms. The molecule has 1 amide bonds. The summed E-state index contributed by atoms with van der Waals surface area (Å²) in [7, 11) is 0. The summed E-state index contributed by atoms with van der Waals surface area (Å²) in [6.07, 6.45) is 0. The van der Waals surface area contributed by atoms with Gasteiger partial charge in [-0.2, -0.15) is 5.10 Å². The average Bonchev–Trinajstić information content (AvgIpc) is 3.21. The van der Waals surface area contributed by atoms with E-state index in [1.54, 1.807) is 16.8 Å². The maximum absolute atomic E-state index is 13.0. The predicted octanol–water partition coefficient (Wildman–Crippen LogP) is 5.74. The Balaban J connectivity index is 1.71. The van der Waals surface area contributed by atoms with Gasteiger partial charge in [0.2, 0.25) is 0 Å². The second-order valence-electron chi connectivity index (χ2n) is 7.27. The fourth-order valence-electron chi connectivity index (χ4n) is 3.23. The molecule has 0 aliphatic heterocycles. The highest BCUT2D eigenvalue weighted by atomic mass is 35.5. The van der Waals surface area contributed by atoms with Crippen molar-refractivity contribution >= 4 is 17.5 Å². The van der Waals surface area contributed by atoms with Crippen LogP contribution in [0.4, 0.5) is 0 Å². The maximum Gasteiger partial charge on any atom is 0.270 e. The molecular weight excluding hydrogens is 394 g/mol. The molecule has 0 saturated heterocycles. The molecule has 1 N–H and O–H groups in total. The summed E-state index contributed by atoms with van der Waals surface area (Å²) in [5, 5.41) is 8.37. The number of aromatic nitrogens is 2. The van der Waals surface area contributed by atoms with Crippen molar-refractivity contribution in [3.8, 4) is 16.9 Å². The summed E-state index contributed by atoms with van der Waals surface area (Å²) in [6.45, 7) is 4.60. The molecule has 4 aromatic rings. The summed E-state index contributed by atoms with van der Waals surface area (Å²) in [4.78, 5) is 13.0. The van der Waals surface area contributed by atoms with Gasteiger partial charge in [-0.3, -0.25) is 4.79 Å². The molecule has 0 unspecified atom stereocenters. The standard InChI is InChI=1S/C25H22ClN3O/c1-17-8-9-20(14-18(17)2)23-15-24(25(30)27-16-19-6-4-3-5-7-19)29(28-23)22-12-10-21(26)11-13-22/h3-15H,16H2,1-2H3,(H,27,30). The molecule has 0 atom stereocenters. The fourth-order valence-corrected chi connectivity index (χ4v) is 3.36. The highest BCUT2D eigenvalue weighted by molar-refractivity contribution is 6.30. The Bertz CT molecular complexity index is 1180. The lowest BCUT2D eigenvalue weighted by Crippen LogP contribution is -2.25. The van der Waals surface area contributed by atoms with E-state index in [0.29, 0.717) is 17.3 Å². The number of nitrogens with one attached hydrogen (secondary N) is 1. The monoisotopic (exact) mass is 415 g/mol. The number of carbonyl (C=O) groups excluding carboxylic acids is 1. The van der Waals surface area contributed by atoms with E-state index in [4.69, 9.17) is 16.7 Å². The number of hydrogen-bond donors (Lipinski definition) is 1. The van der Waals surface area contributed by atoms with Gasteiger partial charge in [0, 0.05) is 17.1 Å². The van der Waals surface area contributed by atoms with Gasteiger partial charge in [0.15, 0.2) is 0 Å². The van der Waals surface area contributed by atoms with Crippen LogP contribution in [0.1, 0.15) is 27.2 Å². The van der Waals surface area contributed by atoms with Gasteiger partial charge in [-0.1, -0.05) is 54.1 Å². The lowest BCUT2D eigenvalue weighted by atomic mass is 10.0. The lowest BCUT2D eigenvalue weighted by Gasteiger charge is -2.08. The molecular formula is C25H22ClN3O. The Labute approximate surface area is 181 Å². The molecule has 1 heterocycles. The van der Waals surface area contributed by atoms with E-state index in [1.165, 1.54) is 11.1 Å². The number of halogens is 1. The van der Waals surface area contributed by atoms with Gasteiger partial charge in [0.1, 0.15) is 5.69 Å². The Kier molecular flexibility index (Phi) is 5.68. The minimum absolute atomic E-state index is 0.184. The molecule has 5 heteroatoms. The van der Waals surface area contributed by atoms with Crippen molar-refractivity contribution in [2.24, 2.45) is 0 Å². The molecule has 3 aromatic carbocycles. The number of hydrogen-bond acceptors (Lipinski definition) is 2. The third-order valence-corrected chi connectivity index (χ3v) is 5.36. The Morgan fingerprint density at radius 2 is 1.67 bits per heavy atom. The Morgan fingerprint density at radius 1 is 0.933 bits per heavy atom. The van der Waals surface area contributed by atoms with Crippen molar-refractivity contribution in [1.29, 1.82) is 0 Å². The second kappa shape index (κ2) is 8.56. The quantitative estimate of drug-likeness (QED) is 0.451. The minimum Gasteiger partial charge on any atom is -0.347 e. The number of carbonyl (C=O) groups is 1. The predicted molar refractivity (Wildman–Crippen MR) is 121 cm³/mol. The SMILES string of the molecule is Cc1ccc(-c2cc(C(=O)NCc3ccccc3)n(-c3ccc(Cl)cc3)n2)cc1C. The largest absolute Gasteiger partial charge is 0.347 e. The number of aryl methyl sites for hydroxylation is 2. The summed E-state index contributed by atoms with van der Waals surface area (Å²) in [5.41, 5.74) is 6.42. The third-order valence-electron chi connectivity index (χ3n) is 5.11. The van der Waals surface area contributed by atoms with Gasteiger partial charge in [-0.15, -0.1) is 0 Å². The molecule has 1 aromatic heterocycles. The number of amides is 1. The molecule has 0 bridgehead atoms. The van der Waals surface area contributed by atoms with Gasteiger partial charge in [-0.05, 0) is 66.9 Å². The summed E-state index contributed by atoms with van der Waals surface area (Å²) in [5.74, 6) is -0.184. The molecule has 0 saturated carbocycles. The van der Waals surface area contributed by atoms with Gasteiger partial charge in [0.05, 0.1) is 11.4 Å². The number of benzene rings is 3. The Hall–Kier alpha value is -3.37. The van der Waals surface area contributed by atoms with Gasteiger partial charge >= 0.3 is 0 Å². The zero-order valence-corrected chi connectivity index (χ0v) is 17.6. The van der Waals surface area contributed by atoms with Crippen LogP contribution in [0.5, 0.6) is 0 Å². The van der Waals surface area contributed by atoms with Crippen molar-refractivity contribution in [2.45, 2.75) is 20.4 Å². The minimum atomic E-state index is -0.184. The molecule has 150 valence electrons. The van der Waals surface area contributed by atoms with Crippen LogP contribution in [0, 0.1) is 13.8 Å². The zero-order valence-electron chi connectivity index (χ0n) is 16.9. The molecule has 0 spiro atoms. The first-order valence-corrected chi connectivity index (χ1v) is 10.1. The topological polar surface area (TPSA) is 46.9 Å². The summed E-state index contributed by atoms with van der Waals surface area (Å²) >= 11 is 6.04. The van der Waals surface area contributed by atoms with Crippen LogP contribution >= 0.6 is 11.6 Å². The molecule has 4 rings (SSSR count). The smallest absolute Gasteiger partial charge is 0.270 e.